The van der Waals surface area contributed by atoms with Gasteiger partial charge in [0, 0.05) is 44.2 Å². The van der Waals surface area contributed by atoms with E-state index < -0.39 is 18.1 Å². The molecule has 9 nitrogen and oxygen atoms in total. The number of nitrogens with zero attached hydrogens (tertiary/aromatic N) is 6. The number of ether oxygens (including phenoxy) is 2. The van der Waals surface area contributed by atoms with Gasteiger partial charge in [-0.15, -0.1) is 5.10 Å². The number of aromatic nitrogens is 4. The minimum Gasteiger partial charge on any atom is -0.496 e. The topological polar surface area (TPSA) is 88.8 Å². The Kier molecular flexibility index (Phi) is 8.08. The van der Waals surface area contributed by atoms with Crippen molar-refractivity contribution in [1.29, 1.82) is 0 Å². The number of hydrogen-bond acceptors (Lipinski definition) is 8. The van der Waals surface area contributed by atoms with Crippen molar-refractivity contribution in [1.82, 2.24) is 30.0 Å². The van der Waals surface area contributed by atoms with Crippen molar-refractivity contribution in [2.75, 3.05) is 33.9 Å². The summed E-state index contributed by atoms with van der Waals surface area (Å²) >= 11 is 0. The number of halogens is 3. The predicted octanol–water partition coefficient (Wildman–Crippen LogP) is 4.15. The second kappa shape index (κ2) is 11.9. The van der Waals surface area contributed by atoms with Crippen LogP contribution in [0.5, 0.6) is 11.5 Å². The van der Waals surface area contributed by atoms with E-state index in [1.165, 1.54) is 31.4 Å². The first-order valence-electron chi connectivity index (χ1n) is 14.1. The molecule has 0 saturated carbocycles. The number of aliphatic hydroxyl groups is 1. The normalized spacial score (nSPS) is 21.2. The SMILES string of the molecule is COc1ccc(-n2nnnc2C(F)(F)F)c(OC)c1CN1CC(C(c2ccccc2)c2ccccc2)N2C[C@@H](O)C[C@H]2C1. The third-order valence-electron chi connectivity index (χ3n) is 8.43. The van der Waals surface area contributed by atoms with Crippen LogP contribution in [0.2, 0.25) is 0 Å². The van der Waals surface area contributed by atoms with Crippen LogP contribution in [0.3, 0.4) is 0 Å². The fourth-order valence-electron chi connectivity index (χ4n) is 6.71. The number of fused-ring (bicyclic) bond motifs is 1. The molecule has 3 atom stereocenters. The van der Waals surface area contributed by atoms with E-state index in [1.54, 1.807) is 6.07 Å². The number of rotatable bonds is 8. The zero-order chi connectivity index (χ0) is 30.1. The summed E-state index contributed by atoms with van der Waals surface area (Å²) < 4.78 is 53.2. The Morgan fingerprint density at radius 3 is 2.19 bits per heavy atom. The molecule has 3 heterocycles. The summed E-state index contributed by atoms with van der Waals surface area (Å²) in [5.74, 6) is -0.534. The minimum atomic E-state index is -4.76. The number of piperazine rings is 1. The maximum absolute atomic E-state index is 13.7. The molecular formula is C31H33F3N6O3. The Labute approximate surface area is 247 Å². The van der Waals surface area contributed by atoms with Crippen molar-refractivity contribution in [3.63, 3.8) is 0 Å². The molecule has 1 aromatic heterocycles. The molecule has 1 N–H and O–H groups in total. The van der Waals surface area contributed by atoms with Gasteiger partial charge in [-0.2, -0.15) is 17.9 Å². The summed E-state index contributed by atoms with van der Waals surface area (Å²) in [6, 6.07) is 23.9. The lowest BCUT2D eigenvalue weighted by molar-refractivity contribution is -0.146. The van der Waals surface area contributed by atoms with Crippen LogP contribution in [0.4, 0.5) is 13.2 Å². The first-order valence-corrected chi connectivity index (χ1v) is 14.1. The molecule has 0 bridgehead atoms. The molecular weight excluding hydrogens is 561 g/mol. The summed E-state index contributed by atoms with van der Waals surface area (Å²) in [5.41, 5.74) is 3.01. The van der Waals surface area contributed by atoms with Gasteiger partial charge < -0.3 is 14.6 Å². The molecule has 226 valence electrons. The summed E-state index contributed by atoms with van der Waals surface area (Å²) in [6.45, 7) is 2.24. The average molecular weight is 595 g/mol. The predicted molar refractivity (Wildman–Crippen MR) is 152 cm³/mol. The van der Waals surface area contributed by atoms with Crippen molar-refractivity contribution >= 4 is 0 Å². The lowest BCUT2D eigenvalue weighted by Crippen LogP contribution is -2.58. The molecule has 4 aromatic rings. The monoisotopic (exact) mass is 594 g/mol. The van der Waals surface area contributed by atoms with E-state index in [2.05, 4.69) is 49.6 Å². The quantitative estimate of drug-likeness (QED) is 0.326. The van der Waals surface area contributed by atoms with E-state index in [4.69, 9.17) is 9.47 Å². The number of aliphatic hydroxyl groups excluding tert-OH is 1. The number of hydrogen-bond donors (Lipinski definition) is 1. The lowest BCUT2D eigenvalue weighted by atomic mass is 9.82. The van der Waals surface area contributed by atoms with Crippen LogP contribution in [0.1, 0.15) is 34.9 Å². The Morgan fingerprint density at radius 1 is 0.907 bits per heavy atom. The van der Waals surface area contributed by atoms with Crippen LogP contribution in [0, 0.1) is 0 Å². The van der Waals surface area contributed by atoms with Crippen molar-refractivity contribution in [3.8, 4) is 17.2 Å². The molecule has 0 radical (unpaired) electrons. The highest BCUT2D eigenvalue weighted by Gasteiger charge is 2.45. The molecule has 2 saturated heterocycles. The molecule has 0 aliphatic carbocycles. The van der Waals surface area contributed by atoms with E-state index >= 15 is 0 Å². The highest BCUT2D eigenvalue weighted by Crippen LogP contribution is 2.41. The van der Waals surface area contributed by atoms with Gasteiger partial charge in [0.1, 0.15) is 11.4 Å². The standard InChI is InChI=1S/C31H33F3N6O3/c1-42-27-14-13-25(40-30(31(32,33)34)35-36-37-40)29(43-2)24(27)18-38-16-22-15-23(41)17-39(22)26(19-38)28(20-9-5-3-6-10-20)21-11-7-4-8-12-21/h3-14,22-23,26,28,41H,15-19H2,1-2H3/t22-,23-,26?/m0/s1. The second-order valence-corrected chi connectivity index (χ2v) is 11.0. The molecule has 6 rings (SSSR count). The highest BCUT2D eigenvalue weighted by atomic mass is 19.4. The van der Waals surface area contributed by atoms with E-state index in [1.807, 2.05) is 36.4 Å². The van der Waals surface area contributed by atoms with Gasteiger partial charge >= 0.3 is 6.18 Å². The minimum absolute atomic E-state index is 0.0252. The van der Waals surface area contributed by atoms with Gasteiger partial charge in [-0.1, -0.05) is 60.7 Å². The number of methoxy groups -OCH3 is 2. The third-order valence-corrected chi connectivity index (χ3v) is 8.43. The number of tetrazole rings is 1. The van der Waals surface area contributed by atoms with Gasteiger partial charge in [0.2, 0.25) is 0 Å². The van der Waals surface area contributed by atoms with Gasteiger partial charge in [-0.25, -0.2) is 0 Å². The summed E-state index contributed by atoms with van der Waals surface area (Å²) in [4.78, 5) is 4.70. The Balaban J connectivity index is 1.40. The molecule has 3 aromatic carbocycles. The third kappa shape index (κ3) is 5.69. The molecule has 0 spiro atoms. The average Bonchev–Trinajstić information content (AvgIpc) is 3.65. The zero-order valence-electron chi connectivity index (χ0n) is 23.9. The van der Waals surface area contributed by atoms with Crippen molar-refractivity contribution in [3.05, 3.63) is 95.3 Å². The largest absolute Gasteiger partial charge is 0.496 e. The van der Waals surface area contributed by atoms with Crippen molar-refractivity contribution in [2.45, 2.75) is 43.2 Å². The summed E-state index contributed by atoms with van der Waals surface area (Å²) in [6.07, 6.45) is -4.56. The molecule has 2 aliphatic heterocycles. The molecule has 2 aliphatic rings. The van der Waals surface area contributed by atoms with Crippen LogP contribution in [0.15, 0.2) is 72.8 Å². The first kappa shape index (κ1) is 29.1. The fraction of sp³-hybridized carbons (Fsp3) is 0.387. The van der Waals surface area contributed by atoms with Crippen LogP contribution in [-0.2, 0) is 12.7 Å². The first-order chi connectivity index (χ1) is 20.8. The van der Waals surface area contributed by atoms with Gasteiger partial charge in [0.25, 0.3) is 5.82 Å². The smallest absolute Gasteiger partial charge is 0.453 e. The molecule has 12 heteroatoms. The van der Waals surface area contributed by atoms with E-state index in [0.717, 1.165) is 0 Å². The zero-order valence-corrected chi connectivity index (χ0v) is 23.9. The van der Waals surface area contributed by atoms with E-state index in [9.17, 15) is 18.3 Å². The number of alkyl halides is 3. The lowest BCUT2D eigenvalue weighted by Gasteiger charge is -2.47. The number of benzene rings is 3. The van der Waals surface area contributed by atoms with Crippen LogP contribution >= 0.6 is 0 Å². The van der Waals surface area contributed by atoms with Crippen LogP contribution < -0.4 is 9.47 Å². The molecule has 0 amide bonds. The van der Waals surface area contributed by atoms with Crippen LogP contribution in [-0.4, -0.2) is 87.2 Å². The molecule has 1 unspecified atom stereocenters. The second-order valence-electron chi connectivity index (χ2n) is 11.0. The Bertz CT molecular complexity index is 1500. The van der Waals surface area contributed by atoms with Crippen molar-refractivity contribution < 1.29 is 27.8 Å². The molecule has 43 heavy (non-hydrogen) atoms. The van der Waals surface area contributed by atoms with Gasteiger partial charge in [-0.3, -0.25) is 9.80 Å². The maximum atomic E-state index is 13.7. The van der Waals surface area contributed by atoms with E-state index in [0.29, 0.717) is 48.6 Å². The fourth-order valence-corrected chi connectivity index (χ4v) is 6.71. The summed E-state index contributed by atoms with van der Waals surface area (Å²) in [5, 5.41) is 20.9. The Morgan fingerprint density at radius 2 is 1.58 bits per heavy atom. The van der Waals surface area contributed by atoms with Gasteiger partial charge in [-0.05, 0) is 40.1 Å². The Hall–Kier alpha value is -4.00. The van der Waals surface area contributed by atoms with Gasteiger partial charge in [0.05, 0.1) is 25.9 Å². The van der Waals surface area contributed by atoms with Crippen molar-refractivity contribution in [2.24, 2.45) is 0 Å². The molecule has 2 fully saturated rings. The highest BCUT2D eigenvalue weighted by molar-refractivity contribution is 5.58. The van der Waals surface area contributed by atoms with Crippen LogP contribution in [0.25, 0.3) is 5.69 Å². The van der Waals surface area contributed by atoms with Gasteiger partial charge in [0.15, 0.2) is 5.75 Å². The summed E-state index contributed by atoms with van der Waals surface area (Å²) in [7, 11) is 2.93. The van der Waals surface area contributed by atoms with E-state index in [-0.39, 0.29) is 29.4 Å². The maximum Gasteiger partial charge on any atom is 0.453 e.